The molecule has 6 aromatic heterocycles. The molecule has 2 amide bonds. The molecular formula is C55H68N4O2S6. The minimum Gasteiger partial charge on any atom is -0.391 e. The molecular weight excluding hydrogens is 941 g/mol. The predicted molar refractivity (Wildman–Crippen MR) is 297 cm³/mol. The largest absolute Gasteiger partial charge is 0.391 e. The summed E-state index contributed by atoms with van der Waals surface area (Å²) in [7, 11) is 1.97. The highest BCUT2D eigenvalue weighted by Crippen LogP contribution is 2.52. The molecule has 6 aromatic rings. The Labute approximate surface area is 423 Å². The maximum atomic E-state index is 15.7. The number of nitrogens with one attached hydrogen (secondary N) is 1. The molecule has 356 valence electrons. The van der Waals surface area contributed by atoms with Crippen LogP contribution in [0, 0.1) is 11.8 Å². The summed E-state index contributed by atoms with van der Waals surface area (Å²) in [4.78, 5) is 47.0. The average molecular weight is 1010 g/mol. The highest BCUT2D eigenvalue weighted by Gasteiger charge is 2.50. The summed E-state index contributed by atoms with van der Waals surface area (Å²) in [5.41, 5.74) is 9.01. The molecule has 6 nitrogen and oxygen atoms in total. The molecule has 12 heteroatoms. The Hall–Kier alpha value is -3.78. The van der Waals surface area contributed by atoms with E-state index in [1.54, 1.807) is 68.0 Å². The molecule has 2 aliphatic heterocycles. The number of carbonyl (C=O) groups is 2. The molecule has 8 rings (SSSR count). The Bertz CT molecular complexity index is 2650. The van der Waals surface area contributed by atoms with E-state index >= 15 is 9.59 Å². The fraction of sp³-hybridized carbons (Fsp3) is 0.455. The maximum Gasteiger partial charge on any atom is 0.261 e. The SMILES string of the molecule is CCCCCCC(CCCC)CN1C(=O)C2=C(c3ccc(-c4ccc(-c5ccc(NC)s5)s4)s3)N(CC(CCCC)CCCCCC)C(=O)C2=C1c1ccc(-c2ccc(-c3ccc(N)s3)s2)s1. The minimum atomic E-state index is -0.00556. The number of nitrogens with two attached hydrogens (primary N) is 1. The van der Waals surface area contributed by atoms with Gasteiger partial charge in [0.1, 0.15) is 0 Å². The fourth-order valence-corrected chi connectivity index (χ4v) is 15.8. The lowest BCUT2D eigenvalue weighted by atomic mass is 9.94. The van der Waals surface area contributed by atoms with Crippen LogP contribution in [-0.4, -0.2) is 41.8 Å². The van der Waals surface area contributed by atoms with Gasteiger partial charge in [-0.15, -0.1) is 68.0 Å². The average Bonchev–Trinajstić information content (AvgIpc) is 4.19. The van der Waals surface area contributed by atoms with E-state index in [4.69, 9.17) is 5.73 Å². The van der Waals surface area contributed by atoms with Crippen LogP contribution in [0.25, 0.3) is 50.4 Å². The third-order valence-electron chi connectivity index (χ3n) is 13.3. The van der Waals surface area contributed by atoms with Crippen molar-refractivity contribution in [3.05, 3.63) is 93.7 Å². The Kier molecular flexibility index (Phi) is 17.5. The first-order valence-electron chi connectivity index (χ1n) is 24.9. The first-order chi connectivity index (χ1) is 32.7. The third kappa shape index (κ3) is 11.5. The van der Waals surface area contributed by atoms with Gasteiger partial charge < -0.3 is 20.9 Å². The van der Waals surface area contributed by atoms with E-state index in [9.17, 15) is 0 Å². The van der Waals surface area contributed by atoms with Crippen LogP contribution in [-0.2, 0) is 9.59 Å². The van der Waals surface area contributed by atoms with Crippen molar-refractivity contribution >= 4 is 101 Å². The van der Waals surface area contributed by atoms with Gasteiger partial charge >= 0.3 is 0 Å². The topological polar surface area (TPSA) is 78.7 Å². The third-order valence-corrected chi connectivity index (χ3v) is 20.4. The molecule has 0 spiro atoms. The highest BCUT2D eigenvalue weighted by atomic mass is 32.1. The molecule has 2 unspecified atom stereocenters. The molecule has 2 atom stereocenters. The molecule has 2 aliphatic rings. The van der Waals surface area contributed by atoms with Crippen molar-refractivity contribution in [3.63, 3.8) is 0 Å². The van der Waals surface area contributed by atoms with Gasteiger partial charge in [0.2, 0.25) is 0 Å². The lowest BCUT2D eigenvalue weighted by Gasteiger charge is -2.29. The molecule has 0 bridgehead atoms. The van der Waals surface area contributed by atoms with Crippen molar-refractivity contribution in [2.45, 2.75) is 130 Å². The van der Waals surface area contributed by atoms with Crippen molar-refractivity contribution in [2.24, 2.45) is 11.8 Å². The summed E-state index contributed by atoms with van der Waals surface area (Å²) in [6.07, 6.45) is 18.5. The summed E-state index contributed by atoms with van der Waals surface area (Å²) in [5.74, 6) is 0.709. The van der Waals surface area contributed by atoms with Crippen LogP contribution in [0.15, 0.2) is 83.9 Å². The second-order valence-electron chi connectivity index (χ2n) is 18.3. The zero-order chi connectivity index (χ0) is 46.9. The molecule has 0 aromatic carbocycles. The van der Waals surface area contributed by atoms with Crippen LogP contribution in [0.2, 0.25) is 0 Å². The zero-order valence-electron chi connectivity index (χ0n) is 40.0. The van der Waals surface area contributed by atoms with E-state index in [-0.39, 0.29) is 11.8 Å². The molecule has 8 heterocycles. The van der Waals surface area contributed by atoms with Gasteiger partial charge in [0.05, 0.1) is 42.3 Å². The first kappa shape index (κ1) is 49.6. The van der Waals surface area contributed by atoms with Gasteiger partial charge in [-0.1, -0.05) is 105 Å². The van der Waals surface area contributed by atoms with Crippen molar-refractivity contribution in [1.29, 1.82) is 0 Å². The summed E-state index contributed by atoms with van der Waals surface area (Å²) in [6, 6.07) is 26.0. The standard InChI is InChI=1S/C55H68N4O2S6/c1-6-10-14-16-20-36(18-12-8-3)34-58-52(46-28-26-40(64-46)38-22-24-42(62-38)44-30-32-48(56)66-44)50-51(55(58)61)53(59(54(50)60)35-37(19-13-9-4)21-17-15-11-7-2)47-29-27-41(65-47)39-23-25-43(63-39)45-31-33-49(57-5)67-45/h22-33,36-37,57H,6-21,34-35,56H2,1-5H3. The normalized spacial score (nSPS) is 14.9. The van der Waals surface area contributed by atoms with Crippen molar-refractivity contribution in [1.82, 2.24) is 9.80 Å². The van der Waals surface area contributed by atoms with Gasteiger partial charge in [0.15, 0.2) is 0 Å². The van der Waals surface area contributed by atoms with Crippen LogP contribution < -0.4 is 11.1 Å². The van der Waals surface area contributed by atoms with Crippen LogP contribution in [0.4, 0.5) is 10.0 Å². The number of carbonyl (C=O) groups excluding carboxylic acids is 2. The number of unbranched alkanes of at least 4 members (excludes halogenated alkanes) is 8. The van der Waals surface area contributed by atoms with Gasteiger partial charge in [-0.25, -0.2) is 0 Å². The number of fused-ring (bicyclic) bond motifs is 1. The number of nitrogen functional groups attached to an aromatic ring is 1. The molecule has 3 N–H and O–H groups in total. The van der Waals surface area contributed by atoms with Crippen molar-refractivity contribution in [2.75, 3.05) is 31.2 Å². The smallest absolute Gasteiger partial charge is 0.261 e. The molecule has 0 aliphatic carbocycles. The first-order valence-corrected chi connectivity index (χ1v) is 29.8. The van der Waals surface area contributed by atoms with Gasteiger partial charge in [-0.05, 0) is 110 Å². The van der Waals surface area contributed by atoms with E-state index in [1.807, 2.05) is 13.1 Å². The number of hydrogen-bond donors (Lipinski definition) is 2. The molecule has 67 heavy (non-hydrogen) atoms. The van der Waals surface area contributed by atoms with Gasteiger partial charge in [0, 0.05) is 59.2 Å². The minimum absolute atomic E-state index is 0.00556. The second-order valence-corrected chi connectivity index (χ2v) is 24.8. The van der Waals surface area contributed by atoms with Gasteiger partial charge in [-0.3, -0.25) is 9.59 Å². The van der Waals surface area contributed by atoms with Crippen LogP contribution in [0.3, 0.4) is 0 Å². The number of rotatable bonds is 27. The van der Waals surface area contributed by atoms with E-state index in [0.29, 0.717) is 36.1 Å². The predicted octanol–water partition coefficient (Wildman–Crippen LogP) is 17.7. The summed E-state index contributed by atoms with van der Waals surface area (Å²) >= 11 is 10.4. The number of thiophene rings is 6. The lowest BCUT2D eigenvalue weighted by molar-refractivity contribution is -0.124. The Morgan fingerprint density at radius 3 is 1.15 bits per heavy atom. The number of hydrogen-bond acceptors (Lipinski definition) is 10. The Balaban J connectivity index is 1.23. The monoisotopic (exact) mass is 1010 g/mol. The zero-order valence-corrected chi connectivity index (χ0v) is 44.9. The van der Waals surface area contributed by atoms with Crippen LogP contribution >= 0.6 is 68.0 Å². The maximum absolute atomic E-state index is 15.7. The number of amides is 2. The van der Waals surface area contributed by atoms with Gasteiger partial charge in [0.25, 0.3) is 11.8 Å². The molecule has 0 fully saturated rings. The Morgan fingerprint density at radius 2 is 0.776 bits per heavy atom. The van der Waals surface area contributed by atoms with E-state index < -0.39 is 0 Å². The summed E-state index contributed by atoms with van der Waals surface area (Å²) in [5, 5.41) is 5.24. The fourth-order valence-electron chi connectivity index (χ4n) is 9.62. The van der Waals surface area contributed by atoms with E-state index in [2.05, 4.69) is 110 Å². The summed E-state index contributed by atoms with van der Waals surface area (Å²) < 4.78 is 0. The second kappa shape index (κ2) is 23.7. The van der Waals surface area contributed by atoms with Crippen LogP contribution in [0.5, 0.6) is 0 Å². The lowest BCUT2D eigenvalue weighted by Crippen LogP contribution is -2.34. The van der Waals surface area contributed by atoms with E-state index in [0.717, 1.165) is 92.3 Å². The van der Waals surface area contributed by atoms with Gasteiger partial charge in [-0.2, -0.15) is 0 Å². The van der Waals surface area contributed by atoms with E-state index in [1.165, 1.54) is 80.6 Å². The molecule has 0 saturated carbocycles. The number of anilines is 2. The number of nitrogens with zero attached hydrogens (tertiary/aromatic N) is 2. The molecule has 0 saturated heterocycles. The van der Waals surface area contributed by atoms with Crippen molar-refractivity contribution < 1.29 is 9.59 Å². The molecule has 0 radical (unpaired) electrons. The quantitative estimate of drug-likeness (QED) is 0.0504. The Morgan fingerprint density at radius 1 is 0.433 bits per heavy atom. The highest BCUT2D eigenvalue weighted by molar-refractivity contribution is 7.28. The van der Waals surface area contributed by atoms with Crippen molar-refractivity contribution in [3.8, 4) is 39.0 Å². The van der Waals surface area contributed by atoms with Crippen LogP contribution in [0.1, 0.15) is 140 Å². The summed E-state index contributed by atoms with van der Waals surface area (Å²) in [6.45, 7) is 10.3.